The van der Waals surface area contributed by atoms with Gasteiger partial charge in [0.1, 0.15) is 0 Å². The zero-order valence-corrected chi connectivity index (χ0v) is 13.7. The van der Waals surface area contributed by atoms with E-state index >= 15 is 0 Å². The van der Waals surface area contributed by atoms with Crippen molar-refractivity contribution in [1.29, 1.82) is 0 Å². The Morgan fingerprint density at radius 1 is 0.818 bits per heavy atom. The predicted octanol–water partition coefficient (Wildman–Crippen LogP) is 1.01. The van der Waals surface area contributed by atoms with Crippen molar-refractivity contribution >= 4 is 0 Å². The van der Waals surface area contributed by atoms with Gasteiger partial charge in [0.05, 0.1) is 0 Å². The zero-order chi connectivity index (χ0) is 16.6. The van der Waals surface area contributed by atoms with Crippen LogP contribution in [-0.2, 0) is 51.7 Å². The van der Waals surface area contributed by atoms with Crippen molar-refractivity contribution in [2.24, 2.45) is 0 Å². The summed E-state index contributed by atoms with van der Waals surface area (Å²) in [5, 5.41) is 0. The van der Waals surface area contributed by atoms with Crippen molar-refractivity contribution in [2.45, 2.75) is 6.42 Å². The van der Waals surface area contributed by atoms with E-state index in [0.29, 0.717) is 0 Å². The number of nitrogens with zero attached hydrogens (tertiary/aromatic N) is 1. The van der Waals surface area contributed by atoms with Gasteiger partial charge in [-0.2, -0.15) is 0 Å². The summed E-state index contributed by atoms with van der Waals surface area (Å²) < 4.78 is 56.3. The van der Waals surface area contributed by atoms with Crippen LogP contribution in [0.3, 0.4) is 0 Å². The van der Waals surface area contributed by atoms with Crippen LogP contribution in [0.2, 0.25) is 0 Å². The Morgan fingerprint density at radius 2 is 1.27 bits per heavy atom. The largest absolute Gasteiger partial charge is 0.265 e. The molecule has 1 heterocycles. The van der Waals surface area contributed by atoms with Gasteiger partial charge in [-0.3, -0.25) is 4.98 Å². The van der Waals surface area contributed by atoms with Gasteiger partial charge in [0.15, 0.2) is 0 Å². The van der Waals surface area contributed by atoms with E-state index in [-0.39, 0.29) is 0 Å². The van der Waals surface area contributed by atoms with E-state index in [1.54, 1.807) is 0 Å². The van der Waals surface area contributed by atoms with Gasteiger partial charge in [-0.25, -0.2) is 0 Å². The van der Waals surface area contributed by atoms with E-state index in [0.717, 1.165) is 6.42 Å². The molecule has 10 heteroatoms. The summed E-state index contributed by atoms with van der Waals surface area (Å²) in [4.78, 5) is 3.99. The second kappa shape index (κ2) is 8.23. The van der Waals surface area contributed by atoms with Crippen molar-refractivity contribution in [3.63, 3.8) is 0 Å². The third kappa shape index (κ3) is 9.45. The van der Waals surface area contributed by atoms with Gasteiger partial charge in [0.25, 0.3) is 0 Å². The maximum Gasteiger partial charge on any atom is 0.0270 e. The fourth-order valence-corrected chi connectivity index (χ4v) is 3.18. The molecule has 2 rings (SSSR count). The minimum absolute atomic E-state index is 0.989. The van der Waals surface area contributed by atoms with E-state index in [1.807, 2.05) is 30.6 Å². The van der Waals surface area contributed by atoms with Crippen LogP contribution < -0.4 is 0 Å². The third-order valence-corrected chi connectivity index (χ3v) is 4.92. The van der Waals surface area contributed by atoms with Gasteiger partial charge in [0, 0.05) is 12.4 Å². The Morgan fingerprint density at radius 3 is 1.68 bits per heavy atom. The molecule has 120 valence electrons. The molecule has 0 aliphatic heterocycles. The first-order valence-corrected chi connectivity index (χ1v) is 10.0. The molecule has 0 aliphatic rings. The molecule has 2 aromatic rings. The summed E-state index contributed by atoms with van der Waals surface area (Å²) in [6.07, 6.45) is 4.65. The molecule has 0 bridgehead atoms. The smallest absolute Gasteiger partial charge is 0.0270 e. The number of hydrogen-bond donors (Lipinski definition) is 2. The molecule has 1 aromatic heterocycles. The van der Waals surface area contributed by atoms with Gasteiger partial charge in [-0.15, -0.1) is 0 Å². The Bertz CT molecular complexity index is 707. The number of pyridine rings is 1. The summed E-state index contributed by atoms with van der Waals surface area (Å²) in [5.41, 5.74) is 2.65. The molecule has 0 aliphatic carbocycles. The van der Waals surface area contributed by atoms with Gasteiger partial charge in [-0.05, 0) is 29.7 Å². The first-order valence-electron chi connectivity index (χ1n) is 5.74. The Balaban J connectivity index is 0.000000239. The van der Waals surface area contributed by atoms with Crippen LogP contribution in [0.4, 0.5) is 0 Å². The summed E-state index contributed by atoms with van der Waals surface area (Å²) in [6.45, 7) is 0. The standard InChI is InChI=1S/C12H11N.2Cr.2H2O.5O/c1-2-4-11(5-3-1)10-12-6-8-13-9-7-12;;;;;;;;;/h1-9H,10H2;;;2*1H2;;;;;/q;2*+1;;;;;;;/p-2. The van der Waals surface area contributed by atoms with Crippen molar-refractivity contribution < 1.29 is 53.6 Å². The minimum Gasteiger partial charge on any atom is -0.265 e. The first kappa shape index (κ1) is 18.6. The molecule has 22 heavy (non-hydrogen) atoms. The molecule has 0 saturated heterocycles. The van der Waals surface area contributed by atoms with Crippen LogP contribution in [0, 0.1) is 0 Å². The molecule has 0 fully saturated rings. The second-order valence-electron chi connectivity index (χ2n) is 3.94. The summed E-state index contributed by atoms with van der Waals surface area (Å²) >= 11 is -11.5. The molecule has 2 N–H and O–H groups in total. The van der Waals surface area contributed by atoms with Gasteiger partial charge in [0.2, 0.25) is 0 Å². The van der Waals surface area contributed by atoms with Crippen molar-refractivity contribution in [1.82, 2.24) is 4.98 Å². The SMILES string of the molecule is [O]=[Cr](=[O])([OH])[O][Cr](=[O])(=[O])[OH].c1ccc(Cc2ccncc2)cc1. The number of hydrogen-bond acceptors (Lipinski definition) is 6. The molecule has 0 amide bonds. The molecule has 8 nitrogen and oxygen atoms in total. The number of benzene rings is 1. The van der Waals surface area contributed by atoms with Crippen molar-refractivity contribution in [2.75, 3.05) is 0 Å². The van der Waals surface area contributed by atoms with E-state index in [9.17, 15) is 15.2 Å². The zero-order valence-electron chi connectivity index (χ0n) is 11.1. The van der Waals surface area contributed by atoms with Crippen LogP contribution in [0.5, 0.6) is 0 Å². The first-order chi connectivity index (χ1) is 10.2. The number of rotatable bonds is 4. The Labute approximate surface area is 131 Å². The molecule has 0 radical (unpaired) electrons. The number of aromatic nitrogens is 1. The summed E-state index contributed by atoms with van der Waals surface area (Å²) in [7, 11) is 0. The molecule has 0 saturated carbocycles. The topological polar surface area (TPSA) is 131 Å². The fourth-order valence-electron chi connectivity index (χ4n) is 1.44. The van der Waals surface area contributed by atoms with Crippen LogP contribution in [0.15, 0.2) is 54.9 Å². The van der Waals surface area contributed by atoms with Crippen LogP contribution >= 0.6 is 0 Å². The van der Waals surface area contributed by atoms with E-state index < -0.39 is 27.2 Å². The van der Waals surface area contributed by atoms with Gasteiger partial charge >= 0.3 is 53.6 Å². The van der Waals surface area contributed by atoms with E-state index in [1.165, 1.54) is 11.1 Å². The molecular formula is C12H13Cr2NO7. The Hall–Kier alpha value is -1.49. The summed E-state index contributed by atoms with van der Waals surface area (Å²) in [5.74, 6) is 0. The molecule has 1 aromatic carbocycles. The van der Waals surface area contributed by atoms with E-state index in [4.69, 9.17) is 8.32 Å². The average molecular weight is 387 g/mol. The second-order valence-corrected chi connectivity index (χ2v) is 7.70. The quantitative estimate of drug-likeness (QED) is 0.795. The Kier molecular flexibility index (Phi) is 6.94. The molecule has 0 atom stereocenters. The van der Waals surface area contributed by atoms with Gasteiger partial charge in [-0.1, -0.05) is 30.3 Å². The molecule has 0 spiro atoms. The predicted molar refractivity (Wildman–Crippen MR) is 61.8 cm³/mol. The van der Waals surface area contributed by atoms with Gasteiger partial charge < -0.3 is 0 Å². The van der Waals surface area contributed by atoms with Crippen LogP contribution in [-0.4, -0.2) is 13.3 Å². The maximum absolute atomic E-state index is 9.53. The monoisotopic (exact) mass is 387 g/mol. The average Bonchev–Trinajstić information content (AvgIpc) is 2.37. The normalized spacial score (nSPS) is 11.4. The van der Waals surface area contributed by atoms with Crippen molar-refractivity contribution in [3.05, 3.63) is 66.0 Å². The van der Waals surface area contributed by atoms with Crippen LogP contribution in [0.1, 0.15) is 11.1 Å². The third-order valence-electron chi connectivity index (χ3n) is 2.17. The van der Waals surface area contributed by atoms with E-state index in [2.05, 4.69) is 32.1 Å². The minimum atomic E-state index is -5.76. The van der Waals surface area contributed by atoms with Crippen LogP contribution in [0.25, 0.3) is 0 Å². The maximum atomic E-state index is 9.53. The summed E-state index contributed by atoms with van der Waals surface area (Å²) in [6, 6.07) is 14.5. The fraction of sp³-hybridized carbons (Fsp3) is 0.0833. The molecule has 0 unspecified atom stereocenters. The van der Waals surface area contributed by atoms with Crippen molar-refractivity contribution in [3.8, 4) is 0 Å². The molecular weight excluding hydrogens is 374 g/mol.